The second-order valence-electron chi connectivity index (χ2n) is 7.22. The lowest BCUT2D eigenvalue weighted by Gasteiger charge is -2.21. The molecule has 1 heterocycles. The maximum Gasteiger partial charge on any atom is 0.329 e. The number of hydrogen-bond donors (Lipinski definition) is 3. The summed E-state index contributed by atoms with van der Waals surface area (Å²) < 4.78 is 5.10. The molecule has 0 saturated heterocycles. The molecule has 2 rings (SSSR count). The largest absolute Gasteiger partial charge is 0.454 e. The SMILES string of the molecule is CC(=O)N[C@@H](Cc1c[nH]c2ccccc12)C(=O)OCC(=O)NC(C)(C)C. The van der Waals surface area contributed by atoms with E-state index in [1.165, 1.54) is 6.92 Å². The molecule has 0 aliphatic rings. The van der Waals surface area contributed by atoms with Gasteiger partial charge in [-0.3, -0.25) is 9.59 Å². The normalized spacial score (nSPS) is 12.5. The number of H-pyrrole nitrogens is 1. The van der Waals surface area contributed by atoms with Gasteiger partial charge in [0.15, 0.2) is 6.61 Å². The molecule has 1 atom stereocenters. The summed E-state index contributed by atoms with van der Waals surface area (Å²) in [6, 6.07) is 6.82. The van der Waals surface area contributed by atoms with Crippen LogP contribution >= 0.6 is 0 Å². The molecule has 7 nitrogen and oxygen atoms in total. The van der Waals surface area contributed by atoms with Gasteiger partial charge in [-0.15, -0.1) is 0 Å². The first-order valence-corrected chi connectivity index (χ1v) is 8.45. The second-order valence-corrected chi connectivity index (χ2v) is 7.22. The third-order valence-electron chi connectivity index (χ3n) is 3.62. The van der Waals surface area contributed by atoms with Crippen LogP contribution in [0.25, 0.3) is 10.9 Å². The molecular weight excluding hydrogens is 334 g/mol. The molecule has 0 bridgehead atoms. The molecule has 3 N–H and O–H groups in total. The van der Waals surface area contributed by atoms with Gasteiger partial charge in [0.05, 0.1) is 0 Å². The monoisotopic (exact) mass is 359 g/mol. The molecule has 26 heavy (non-hydrogen) atoms. The number of esters is 1. The molecule has 2 amide bonds. The van der Waals surface area contributed by atoms with Crippen LogP contribution < -0.4 is 10.6 Å². The van der Waals surface area contributed by atoms with E-state index < -0.39 is 17.6 Å². The van der Waals surface area contributed by atoms with Gasteiger partial charge in [-0.05, 0) is 32.4 Å². The molecular formula is C19H25N3O4. The predicted octanol–water partition coefficient (Wildman–Crippen LogP) is 1.67. The van der Waals surface area contributed by atoms with Crippen LogP contribution in [0.3, 0.4) is 0 Å². The summed E-state index contributed by atoms with van der Waals surface area (Å²) in [5.41, 5.74) is 1.42. The zero-order chi connectivity index (χ0) is 19.3. The summed E-state index contributed by atoms with van der Waals surface area (Å²) in [6.07, 6.45) is 2.07. The van der Waals surface area contributed by atoms with Crippen LogP contribution in [-0.4, -0.2) is 41.0 Å². The molecule has 0 fully saturated rings. The van der Waals surface area contributed by atoms with Gasteiger partial charge in [0.2, 0.25) is 5.91 Å². The minimum absolute atomic E-state index is 0.267. The van der Waals surface area contributed by atoms with E-state index in [9.17, 15) is 14.4 Å². The van der Waals surface area contributed by atoms with Gasteiger partial charge in [0.25, 0.3) is 5.91 Å². The van der Waals surface area contributed by atoms with Crippen molar-refractivity contribution in [3.63, 3.8) is 0 Å². The van der Waals surface area contributed by atoms with Crippen molar-refractivity contribution >= 4 is 28.7 Å². The van der Waals surface area contributed by atoms with Gasteiger partial charge in [0.1, 0.15) is 6.04 Å². The summed E-state index contributed by atoms with van der Waals surface area (Å²) in [7, 11) is 0. The number of hydrogen-bond acceptors (Lipinski definition) is 4. The van der Waals surface area contributed by atoms with Crippen LogP contribution in [0, 0.1) is 0 Å². The topological polar surface area (TPSA) is 100 Å². The quantitative estimate of drug-likeness (QED) is 0.683. The van der Waals surface area contributed by atoms with E-state index in [0.717, 1.165) is 16.5 Å². The number of benzene rings is 1. The minimum Gasteiger partial charge on any atom is -0.454 e. The molecule has 2 aromatic rings. The van der Waals surface area contributed by atoms with E-state index in [0.29, 0.717) is 0 Å². The maximum absolute atomic E-state index is 12.4. The lowest BCUT2D eigenvalue weighted by atomic mass is 10.0. The predicted molar refractivity (Wildman–Crippen MR) is 98.5 cm³/mol. The first-order chi connectivity index (χ1) is 12.2. The van der Waals surface area contributed by atoms with Crippen LogP contribution in [0.15, 0.2) is 30.5 Å². The number of carbonyl (C=O) groups excluding carboxylic acids is 3. The van der Waals surface area contributed by atoms with Crippen molar-refractivity contribution in [2.45, 2.75) is 45.7 Å². The Labute approximate surface area is 152 Å². The van der Waals surface area contributed by atoms with Crippen molar-refractivity contribution in [2.75, 3.05) is 6.61 Å². The van der Waals surface area contributed by atoms with Crippen molar-refractivity contribution in [3.8, 4) is 0 Å². The molecule has 7 heteroatoms. The van der Waals surface area contributed by atoms with E-state index >= 15 is 0 Å². The first kappa shape index (κ1) is 19.5. The highest BCUT2D eigenvalue weighted by molar-refractivity contribution is 5.88. The second kappa shape index (κ2) is 8.03. The van der Waals surface area contributed by atoms with Crippen molar-refractivity contribution in [1.29, 1.82) is 0 Å². The molecule has 1 aromatic carbocycles. The number of fused-ring (bicyclic) bond motifs is 1. The third kappa shape index (κ3) is 5.61. The number of ether oxygens (including phenoxy) is 1. The smallest absolute Gasteiger partial charge is 0.329 e. The fraction of sp³-hybridized carbons (Fsp3) is 0.421. The molecule has 140 valence electrons. The van der Waals surface area contributed by atoms with Crippen LogP contribution in [-0.2, 0) is 25.5 Å². The Hall–Kier alpha value is -2.83. The summed E-state index contributed by atoms with van der Waals surface area (Å²) >= 11 is 0. The molecule has 0 saturated carbocycles. The van der Waals surface area contributed by atoms with Crippen molar-refractivity contribution in [3.05, 3.63) is 36.0 Å². The fourth-order valence-electron chi connectivity index (χ4n) is 2.65. The zero-order valence-electron chi connectivity index (χ0n) is 15.5. The Morgan fingerprint density at radius 3 is 2.54 bits per heavy atom. The highest BCUT2D eigenvalue weighted by Crippen LogP contribution is 2.19. The van der Waals surface area contributed by atoms with Crippen molar-refractivity contribution < 1.29 is 19.1 Å². The van der Waals surface area contributed by atoms with Gasteiger partial charge in [-0.1, -0.05) is 18.2 Å². The van der Waals surface area contributed by atoms with Crippen LogP contribution in [0.5, 0.6) is 0 Å². The number of aromatic amines is 1. The Bertz CT molecular complexity index is 804. The minimum atomic E-state index is -0.867. The Morgan fingerprint density at radius 2 is 1.88 bits per heavy atom. The van der Waals surface area contributed by atoms with Crippen LogP contribution in [0.4, 0.5) is 0 Å². The van der Waals surface area contributed by atoms with Gasteiger partial charge >= 0.3 is 5.97 Å². The average Bonchev–Trinajstić information content (AvgIpc) is 2.93. The summed E-state index contributed by atoms with van der Waals surface area (Å²) in [4.78, 5) is 38.8. The lowest BCUT2D eigenvalue weighted by molar-refractivity contribution is -0.151. The zero-order valence-corrected chi connectivity index (χ0v) is 15.5. The molecule has 0 unspecified atom stereocenters. The number of para-hydroxylation sites is 1. The van der Waals surface area contributed by atoms with E-state index in [-0.39, 0.29) is 24.8 Å². The Kier molecular flexibility index (Phi) is 6.02. The third-order valence-corrected chi connectivity index (χ3v) is 3.62. The molecule has 0 spiro atoms. The molecule has 0 aliphatic carbocycles. The van der Waals surface area contributed by atoms with Crippen molar-refractivity contribution in [2.24, 2.45) is 0 Å². The number of nitrogens with one attached hydrogen (secondary N) is 3. The molecule has 0 aliphatic heterocycles. The Morgan fingerprint density at radius 1 is 1.19 bits per heavy atom. The van der Waals surface area contributed by atoms with Crippen LogP contribution in [0.1, 0.15) is 33.3 Å². The fourth-order valence-corrected chi connectivity index (χ4v) is 2.65. The van der Waals surface area contributed by atoms with Gasteiger partial charge < -0.3 is 20.4 Å². The van der Waals surface area contributed by atoms with E-state index in [4.69, 9.17) is 4.74 Å². The number of carbonyl (C=O) groups is 3. The molecule has 1 aromatic heterocycles. The standard InChI is InChI=1S/C19H25N3O4/c1-12(23)21-16(18(25)26-11-17(24)22-19(2,3)4)9-13-10-20-15-8-6-5-7-14(13)15/h5-8,10,16,20H,9,11H2,1-4H3,(H,21,23)(H,22,24)/t16-/m0/s1. The number of rotatable bonds is 6. The first-order valence-electron chi connectivity index (χ1n) is 8.45. The molecule has 0 radical (unpaired) electrons. The number of amides is 2. The number of aromatic nitrogens is 1. The summed E-state index contributed by atoms with van der Waals surface area (Å²) in [6.45, 7) is 6.46. The maximum atomic E-state index is 12.4. The summed E-state index contributed by atoms with van der Waals surface area (Å²) in [5.74, 6) is -1.38. The highest BCUT2D eigenvalue weighted by atomic mass is 16.5. The van der Waals surface area contributed by atoms with Gasteiger partial charge in [-0.25, -0.2) is 4.79 Å². The summed E-state index contributed by atoms with van der Waals surface area (Å²) in [5, 5.41) is 6.28. The van der Waals surface area contributed by atoms with Gasteiger partial charge in [-0.2, -0.15) is 0 Å². The van der Waals surface area contributed by atoms with Crippen molar-refractivity contribution in [1.82, 2.24) is 15.6 Å². The van der Waals surface area contributed by atoms with E-state index in [2.05, 4.69) is 15.6 Å². The Balaban J connectivity index is 2.05. The average molecular weight is 359 g/mol. The van der Waals surface area contributed by atoms with Gasteiger partial charge in [0, 0.05) is 36.0 Å². The highest BCUT2D eigenvalue weighted by Gasteiger charge is 2.24. The van der Waals surface area contributed by atoms with E-state index in [1.807, 2.05) is 45.0 Å². The van der Waals surface area contributed by atoms with Crippen LogP contribution in [0.2, 0.25) is 0 Å². The van der Waals surface area contributed by atoms with E-state index in [1.54, 1.807) is 6.20 Å². The lowest BCUT2D eigenvalue weighted by Crippen LogP contribution is -2.45.